The van der Waals surface area contributed by atoms with Crippen molar-refractivity contribution >= 4 is 28.8 Å². The van der Waals surface area contributed by atoms with Gasteiger partial charge in [0, 0.05) is 23.9 Å². The Morgan fingerprint density at radius 3 is 2.50 bits per heavy atom. The van der Waals surface area contributed by atoms with Gasteiger partial charge in [-0.15, -0.1) is 0 Å². The van der Waals surface area contributed by atoms with Crippen LogP contribution in [0.3, 0.4) is 0 Å². The molecule has 0 aliphatic carbocycles. The van der Waals surface area contributed by atoms with Gasteiger partial charge in [0.1, 0.15) is 11.6 Å². The molecule has 1 aliphatic rings. The molecule has 1 aliphatic heterocycles. The van der Waals surface area contributed by atoms with Gasteiger partial charge in [-0.25, -0.2) is 9.59 Å². The maximum Gasteiger partial charge on any atom is 0.375 e. The molecule has 7 heteroatoms. The highest BCUT2D eigenvalue weighted by Crippen LogP contribution is 2.26. The molecule has 0 bridgehead atoms. The SMILES string of the molecule is COC(=O)[C@H]1Cc2ccccc2CN1C(=O)COC(=O)c1oc2ccccc2c1C. The van der Waals surface area contributed by atoms with E-state index < -0.39 is 30.5 Å². The van der Waals surface area contributed by atoms with Crippen molar-refractivity contribution in [3.05, 3.63) is 71.0 Å². The second-order valence-corrected chi connectivity index (χ2v) is 7.16. The molecule has 1 atom stereocenters. The molecule has 2 aromatic carbocycles. The minimum Gasteiger partial charge on any atom is -0.467 e. The van der Waals surface area contributed by atoms with Crippen molar-refractivity contribution in [1.82, 2.24) is 4.90 Å². The van der Waals surface area contributed by atoms with Crippen LogP contribution in [0.25, 0.3) is 11.0 Å². The normalized spacial score (nSPS) is 15.5. The van der Waals surface area contributed by atoms with Crippen molar-refractivity contribution in [2.75, 3.05) is 13.7 Å². The molecule has 7 nitrogen and oxygen atoms in total. The summed E-state index contributed by atoms with van der Waals surface area (Å²) in [5.41, 5.74) is 3.17. The zero-order chi connectivity index (χ0) is 21.3. The maximum atomic E-state index is 12.8. The first-order valence-corrected chi connectivity index (χ1v) is 9.59. The van der Waals surface area contributed by atoms with Gasteiger partial charge in [0.2, 0.25) is 5.76 Å². The number of carbonyl (C=O) groups is 3. The van der Waals surface area contributed by atoms with Crippen molar-refractivity contribution in [2.24, 2.45) is 0 Å². The van der Waals surface area contributed by atoms with Gasteiger partial charge in [0.15, 0.2) is 6.61 Å². The Kier molecular flexibility index (Phi) is 5.27. The highest BCUT2D eigenvalue weighted by atomic mass is 16.5. The van der Waals surface area contributed by atoms with E-state index in [0.29, 0.717) is 17.6 Å². The summed E-state index contributed by atoms with van der Waals surface area (Å²) in [6.45, 7) is 1.51. The highest BCUT2D eigenvalue weighted by Gasteiger charge is 2.35. The number of methoxy groups -OCH3 is 1. The Balaban J connectivity index is 1.50. The van der Waals surface area contributed by atoms with E-state index in [1.807, 2.05) is 42.5 Å². The number of hydrogen-bond donors (Lipinski definition) is 0. The number of ether oxygens (including phenoxy) is 2. The van der Waals surface area contributed by atoms with E-state index in [-0.39, 0.29) is 12.3 Å². The molecule has 154 valence electrons. The van der Waals surface area contributed by atoms with E-state index in [9.17, 15) is 14.4 Å². The van der Waals surface area contributed by atoms with Gasteiger partial charge in [-0.3, -0.25) is 4.79 Å². The third-order valence-corrected chi connectivity index (χ3v) is 5.40. The molecule has 0 fully saturated rings. The average molecular weight is 407 g/mol. The molecule has 3 aromatic rings. The van der Waals surface area contributed by atoms with Crippen LogP contribution in [0.2, 0.25) is 0 Å². The average Bonchev–Trinajstić information content (AvgIpc) is 3.12. The molecule has 1 amide bonds. The minimum atomic E-state index is -0.760. The smallest absolute Gasteiger partial charge is 0.375 e. The number of furan rings is 1. The van der Waals surface area contributed by atoms with Crippen LogP contribution in [0, 0.1) is 6.92 Å². The summed E-state index contributed by atoms with van der Waals surface area (Å²) in [5.74, 6) is -1.62. The number of benzene rings is 2. The topological polar surface area (TPSA) is 86.0 Å². The first-order valence-electron chi connectivity index (χ1n) is 9.59. The number of fused-ring (bicyclic) bond motifs is 2. The number of aryl methyl sites for hydroxylation is 1. The largest absolute Gasteiger partial charge is 0.467 e. The minimum absolute atomic E-state index is 0.0671. The predicted octanol–water partition coefficient (Wildman–Crippen LogP) is 3.02. The number of carbonyl (C=O) groups excluding carboxylic acids is 3. The van der Waals surface area contributed by atoms with Crippen LogP contribution in [-0.2, 0) is 32.0 Å². The third kappa shape index (κ3) is 3.54. The number of nitrogens with zero attached hydrogens (tertiary/aromatic N) is 1. The van der Waals surface area contributed by atoms with Gasteiger partial charge in [-0.1, -0.05) is 42.5 Å². The summed E-state index contributed by atoms with van der Waals surface area (Å²) in [6.07, 6.45) is 0.352. The fraction of sp³-hybridized carbons (Fsp3) is 0.261. The van der Waals surface area contributed by atoms with Crippen LogP contribution in [0.15, 0.2) is 52.9 Å². The Morgan fingerprint density at radius 1 is 1.07 bits per heavy atom. The van der Waals surface area contributed by atoms with Crippen molar-refractivity contribution in [1.29, 1.82) is 0 Å². The fourth-order valence-electron chi connectivity index (χ4n) is 3.78. The number of amides is 1. The van der Waals surface area contributed by atoms with Gasteiger partial charge < -0.3 is 18.8 Å². The van der Waals surface area contributed by atoms with Gasteiger partial charge in [0.25, 0.3) is 5.91 Å². The van der Waals surface area contributed by atoms with E-state index in [2.05, 4.69) is 0 Å². The standard InChI is InChI=1S/C23H21NO6/c1-14-17-9-5-6-10-19(17)30-21(14)23(27)29-13-20(25)24-12-16-8-4-3-7-15(16)11-18(24)22(26)28-2/h3-10,18H,11-13H2,1-2H3/t18-/m1/s1. The van der Waals surface area contributed by atoms with Crippen molar-refractivity contribution in [2.45, 2.75) is 25.9 Å². The molecule has 0 spiro atoms. The molecule has 2 heterocycles. The Hall–Kier alpha value is -3.61. The third-order valence-electron chi connectivity index (χ3n) is 5.40. The van der Waals surface area contributed by atoms with E-state index in [4.69, 9.17) is 13.9 Å². The fourth-order valence-corrected chi connectivity index (χ4v) is 3.78. The molecule has 1 aromatic heterocycles. The van der Waals surface area contributed by atoms with Gasteiger partial charge in [-0.2, -0.15) is 0 Å². The molecule has 0 saturated carbocycles. The van der Waals surface area contributed by atoms with E-state index in [1.165, 1.54) is 12.0 Å². The van der Waals surface area contributed by atoms with Crippen LogP contribution >= 0.6 is 0 Å². The number of para-hydroxylation sites is 1. The lowest BCUT2D eigenvalue weighted by Crippen LogP contribution is -2.50. The van der Waals surface area contributed by atoms with Crippen LogP contribution < -0.4 is 0 Å². The summed E-state index contributed by atoms with van der Waals surface area (Å²) < 4.78 is 15.7. The quantitative estimate of drug-likeness (QED) is 0.618. The van der Waals surface area contributed by atoms with Crippen LogP contribution in [0.1, 0.15) is 27.2 Å². The molecule has 4 rings (SSSR count). The Bertz CT molecular complexity index is 1130. The molecule has 30 heavy (non-hydrogen) atoms. The van der Waals surface area contributed by atoms with Gasteiger partial charge in [0.05, 0.1) is 7.11 Å². The number of esters is 2. The summed E-state index contributed by atoms with van der Waals surface area (Å²) in [6, 6.07) is 14.1. The van der Waals surface area contributed by atoms with Gasteiger partial charge in [-0.05, 0) is 24.1 Å². The first-order chi connectivity index (χ1) is 14.5. The van der Waals surface area contributed by atoms with Gasteiger partial charge >= 0.3 is 11.9 Å². The second kappa shape index (κ2) is 8.02. The maximum absolute atomic E-state index is 12.8. The van der Waals surface area contributed by atoms with Crippen molar-refractivity contribution < 1.29 is 28.3 Å². The summed E-state index contributed by atoms with van der Waals surface area (Å²) in [5, 5.41) is 0.814. The lowest BCUT2D eigenvalue weighted by Gasteiger charge is -2.35. The Labute approximate surface area is 173 Å². The molecular weight excluding hydrogens is 386 g/mol. The van der Waals surface area contributed by atoms with Crippen molar-refractivity contribution in [3.8, 4) is 0 Å². The second-order valence-electron chi connectivity index (χ2n) is 7.16. The molecule has 0 radical (unpaired) electrons. The molecular formula is C23H21NO6. The number of hydrogen-bond acceptors (Lipinski definition) is 6. The zero-order valence-corrected chi connectivity index (χ0v) is 16.7. The molecule has 0 saturated heterocycles. The lowest BCUT2D eigenvalue weighted by molar-refractivity contribution is -0.155. The molecule has 0 unspecified atom stereocenters. The predicted molar refractivity (Wildman–Crippen MR) is 108 cm³/mol. The lowest BCUT2D eigenvalue weighted by atomic mass is 9.94. The van der Waals surface area contributed by atoms with Crippen LogP contribution in [0.5, 0.6) is 0 Å². The zero-order valence-electron chi connectivity index (χ0n) is 16.7. The van der Waals surface area contributed by atoms with Crippen molar-refractivity contribution in [3.63, 3.8) is 0 Å². The number of rotatable bonds is 4. The van der Waals surface area contributed by atoms with Crippen LogP contribution in [0.4, 0.5) is 0 Å². The van der Waals surface area contributed by atoms with E-state index in [0.717, 1.165) is 16.5 Å². The summed E-state index contributed by atoms with van der Waals surface area (Å²) in [4.78, 5) is 39.0. The Morgan fingerprint density at radius 2 is 1.77 bits per heavy atom. The molecule has 0 N–H and O–H groups in total. The van der Waals surface area contributed by atoms with E-state index >= 15 is 0 Å². The highest BCUT2D eigenvalue weighted by molar-refractivity contribution is 5.97. The summed E-state index contributed by atoms with van der Waals surface area (Å²) >= 11 is 0. The first kappa shape index (κ1) is 19.7. The van der Waals surface area contributed by atoms with E-state index in [1.54, 1.807) is 13.0 Å². The monoisotopic (exact) mass is 407 g/mol. The van der Waals surface area contributed by atoms with Crippen LogP contribution in [-0.4, -0.2) is 42.5 Å². The summed E-state index contributed by atoms with van der Waals surface area (Å²) in [7, 11) is 1.29.